The van der Waals surface area contributed by atoms with Gasteiger partial charge in [-0.2, -0.15) is 0 Å². The van der Waals surface area contributed by atoms with E-state index in [4.69, 9.17) is 9.84 Å². The molecule has 0 bridgehead atoms. The van der Waals surface area contributed by atoms with Gasteiger partial charge >= 0.3 is 0 Å². The molecule has 1 fully saturated rings. The Kier molecular flexibility index (Phi) is 8.19. The minimum absolute atomic E-state index is 0.126. The Balaban J connectivity index is 2.23. The number of hydrogen-bond donors (Lipinski definition) is 1. The van der Waals surface area contributed by atoms with Gasteiger partial charge in [0.15, 0.2) is 0 Å². The van der Waals surface area contributed by atoms with Crippen LogP contribution < -0.4 is 0 Å². The van der Waals surface area contributed by atoms with Crippen molar-refractivity contribution < 1.29 is 9.84 Å². The molecule has 0 aliphatic heterocycles. The Morgan fingerprint density at radius 1 is 1.22 bits per heavy atom. The number of aliphatic hydroxyl groups is 1. The highest BCUT2D eigenvalue weighted by Gasteiger charge is 2.50. The van der Waals surface area contributed by atoms with Gasteiger partial charge in [-0.25, -0.2) is 0 Å². The summed E-state index contributed by atoms with van der Waals surface area (Å²) in [4.78, 5) is 0. The first kappa shape index (κ1) is 22.7. The van der Waals surface area contributed by atoms with Crippen LogP contribution in [-0.4, -0.2) is 24.9 Å². The van der Waals surface area contributed by atoms with Crippen molar-refractivity contribution in [3.63, 3.8) is 0 Å². The van der Waals surface area contributed by atoms with Crippen molar-refractivity contribution in [1.29, 1.82) is 0 Å². The summed E-state index contributed by atoms with van der Waals surface area (Å²) in [6.07, 6.45) is 13.6. The average molecular weight is 377 g/mol. The second-order valence-electron chi connectivity index (χ2n) is 9.53. The average Bonchev–Trinajstić information content (AvgIpc) is 2.94. The lowest BCUT2D eigenvalue weighted by molar-refractivity contribution is 0.0379. The van der Waals surface area contributed by atoms with Gasteiger partial charge in [-0.3, -0.25) is 0 Å². The third-order valence-corrected chi connectivity index (χ3v) is 8.09. The first-order chi connectivity index (χ1) is 12.9. The van der Waals surface area contributed by atoms with E-state index < -0.39 is 0 Å². The minimum atomic E-state index is 0.126. The molecule has 0 heterocycles. The maximum absolute atomic E-state index is 8.93. The summed E-state index contributed by atoms with van der Waals surface area (Å²) in [5.74, 6) is 2.35. The molecule has 27 heavy (non-hydrogen) atoms. The molecular weight excluding hydrogens is 332 g/mol. The smallest absolute Gasteiger partial charge is 0.0697 e. The fraction of sp³-hybridized carbons (Fsp3) is 0.840. The molecular formula is C25H44O2. The molecule has 2 heteroatoms. The van der Waals surface area contributed by atoms with Crippen molar-refractivity contribution in [3.05, 3.63) is 23.3 Å². The van der Waals surface area contributed by atoms with E-state index >= 15 is 0 Å². The van der Waals surface area contributed by atoms with Crippen LogP contribution in [-0.2, 0) is 4.74 Å². The first-order valence-electron chi connectivity index (χ1n) is 11.4. The van der Waals surface area contributed by atoms with Crippen LogP contribution in [0, 0.1) is 28.6 Å². The van der Waals surface area contributed by atoms with Crippen molar-refractivity contribution in [1.82, 2.24) is 0 Å². The summed E-state index contributed by atoms with van der Waals surface area (Å²) >= 11 is 0. The normalized spacial score (nSPS) is 34.9. The van der Waals surface area contributed by atoms with Crippen LogP contribution in [0.25, 0.3) is 0 Å². The zero-order valence-corrected chi connectivity index (χ0v) is 18.8. The third kappa shape index (κ3) is 4.53. The maximum atomic E-state index is 8.93. The van der Waals surface area contributed by atoms with Crippen molar-refractivity contribution >= 4 is 0 Å². The van der Waals surface area contributed by atoms with Crippen LogP contribution in [0.1, 0.15) is 86.5 Å². The van der Waals surface area contributed by atoms with Gasteiger partial charge in [0.05, 0.1) is 13.2 Å². The van der Waals surface area contributed by atoms with Gasteiger partial charge < -0.3 is 9.84 Å². The molecule has 1 saturated carbocycles. The molecule has 2 rings (SSSR count). The molecule has 4 atom stereocenters. The van der Waals surface area contributed by atoms with Crippen LogP contribution in [0.15, 0.2) is 23.3 Å². The van der Waals surface area contributed by atoms with Crippen LogP contribution >= 0.6 is 0 Å². The second-order valence-corrected chi connectivity index (χ2v) is 9.53. The second kappa shape index (κ2) is 9.74. The summed E-state index contributed by atoms with van der Waals surface area (Å²) < 4.78 is 5.57. The summed E-state index contributed by atoms with van der Waals surface area (Å²) in [5.41, 5.74) is 3.99. The minimum Gasteiger partial charge on any atom is -0.394 e. The number of ether oxygens (including phenoxy) is 1. The zero-order chi connectivity index (χ0) is 20.1. The van der Waals surface area contributed by atoms with E-state index in [1.165, 1.54) is 38.5 Å². The van der Waals surface area contributed by atoms with Gasteiger partial charge in [-0.05, 0) is 74.0 Å². The molecule has 0 aromatic rings. The predicted octanol–water partition coefficient (Wildman–Crippen LogP) is 6.55. The summed E-state index contributed by atoms with van der Waals surface area (Å²) in [5, 5.41) is 8.93. The number of hydrogen-bond acceptors (Lipinski definition) is 2. The number of rotatable bonds is 9. The third-order valence-electron chi connectivity index (χ3n) is 8.09. The van der Waals surface area contributed by atoms with Crippen molar-refractivity contribution in [2.24, 2.45) is 28.6 Å². The highest BCUT2D eigenvalue weighted by molar-refractivity contribution is 5.24. The van der Waals surface area contributed by atoms with Crippen molar-refractivity contribution in [2.75, 3.05) is 19.8 Å². The van der Waals surface area contributed by atoms with Gasteiger partial charge in [0.2, 0.25) is 0 Å². The van der Waals surface area contributed by atoms with Crippen LogP contribution in [0.5, 0.6) is 0 Å². The van der Waals surface area contributed by atoms with Gasteiger partial charge in [0.1, 0.15) is 0 Å². The maximum Gasteiger partial charge on any atom is 0.0697 e. The van der Waals surface area contributed by atoms with Crippen molar-refractivity contribution in [2.45, 2.75) is 86.5 Å². The molecule has 0 radical (unpaired) electrons. The Labute approximate surface area is 168 Å². The van der Waals surface area contributed by atoms with E-state index in [-0.39, 0.29) is 6.61 Å². The van der Waals surface area contributed by atoms with Crippen LogP contribution in [0.4, 0.5) is 0 Å². The Morgan fingerprint density at radius 3 is 2.52 bits per heavy atom. The topological polar surface area (TPSA) is 29.5 Å². The number of allylic oxidation sites excluding steroid dienone is 4. The molecule has 2 nitrogen and oxygen atoms in total. The Bertz CT molecular complexity index is 530. The monoisotopic (exact) mass is 376 g/mol. The van der Waals surface area contributed by atoms with Crippen molar-refractivity contribution in [3.8, 4) is 0 Å². The van der Waals surface area contributed by atoms with Gasteiger partial charge in [0, 0.05) is 6.61 Å². The fourth-order valence-electron chi connectivity index (χ4n) is 6.68. The standard InChI is InChI=1S/C25H44O2/c1-7-19-12-14-23(24(19,4)5)21-13-11-20(8-2)25(6,22(21)9-3)15-10-17-27-18-16-26/h7,11,21-23,26H,8-10,12-18H2,1-6H3/b19-7-/t21?,22?,23?,25-/m0/s1. The van der Waals surface area contributed by atoms with E-state index in [0.717, 1.165) is 30.8 Å². The van der Waals surface area contributed by atoms with Gasteiger partial charge in [0.25, 0.3) is 0 Å². The van der Waals surface area contributed by atoms with Crippen LogP contribution in [0.2, 0.25) is 0 Å². The van der Waals surface area contributed by atoms with E-state index in [0.29, 0.717) is 17.4 Å². The van der Waals surface area contributed by atoms with Crippen LogP contribution in [0.3, 0.4) is 0 Å². The highest BCUT2D eigenvalue weighted by atomic mass is 16.5. The molecule has 156 valence electrons. The molecule has 2 aliphatic rings. The highest BCUT2D eigenvalue weighted by Crippen LogP contribution is 2.59. The van der Waals surface area contributed by atoms with E-state index in [1.807, 2.05) is 0 Å². The molecule has 3 unspecified atom stereocenters. The molecule has 0 aromatic heterocycles. The summed E-state index contributed by atoms with van der Waals surface area (Å²) in [6.45, 7) is 15.8. The Morgan fingerprint density at radius 2 is 1.96 bits per heavy atom. The lowest BCUT2D eigenvalue weighted by Gasteiger charge is -2.51. The lowest BCUT2D eigenvalue weighted by atomic mass is 9.54. The van der Waals surface area contributed by atoms with E-state index in [2.05, 4.69) is 53.7 Å². The molecule has 0 saturated heterocycles. The quantitative estimate of drug-likeness (QED) is 0.365. The zero-order valence-electron chi connectivity index (χ0n) is 18.8. The molecule has 0 aromatic carbocycles. The molecule has 0 amide bonds. The van der Waals surface area contributed by atoms with Gasteiger partial charge in [-0.15, -0.1) is 0 Å². The fourth-order valence-corrected chi connectivity index (χ4v) is 6.68. The Hall–Kier alpha value is -0.600. The van der Waals surface area contributed by atoms with Gasteiger partial charge in [-0.1, -0.05) is 64.3 Å². The summed E-state index contributed by atoms with van der Waals surface area (Å²) in [7, 11) is 0. The lowest BCUT2D eigenvalue weighted by Crippen LogP contribution is -2.43. The number of aliphatic hydroxyl groups excluding tert-OH is 1. The predicted molar refractivity (Wildman–Crippen MR) is 116 cm³/mol. The molecule has 0 spiro atoms. The first-order valence-corrected chi connectivity index (χ1v) is 11.4. The van der Waals surface area contributed by atoms with E-state index in [9.17, 15) is 0 Å². The molecule has 1 N–H and O–H groups in total. The van der Waals surface area contributed by atoms with E-state index in [1.54, 1.807) is 11.1 Å². The largest absolute Gasteiger partial charge is 0.394 e. The molecule has 2 aliphatic carbocycles. The SMILES string of the molecule is C/C=C1/CCC(C2CC=C(CC)[C@](C)(CCCOCCO)C2CC)C1(C)C. The summed E-state index contributed by atoms with van der Waals surface area (Å²) in [6, 6.07) is 0.